The summed E-state index contributed by atoms with van der Waals surface area (Å²) in [7, 11) is 0. The molecule has 0 amide bonds. The quantitative estimate of drug-likeness (QED) is 0.364. The number of carbonyl (C=O) groups is 3. The maximum atomic E-state index is 10.5. The number of carboxylic acid groups (broad SMARTS) is 3. The number of rotatable bonds is 12. The molecule has 6 nitrogen and oxygen atoms in total. The van der Waals surface area contributed by atoms with E-state index < -0.39 is 17.9 Å². The Balaban J connectivity index is -0.000000362. The lowest BCUT2D eigenvalue weighted by molar-refractivity contribution is -0.133. The lowest BCUT2D eigenvalue weighted by atomic mass is 9.92. The van der Waals surface area contributed by atoms with Crippen LogP contribution in [0, 0.1) is 5.92 Å². The van der Waals surface area contributed by atoms with Crippen LogP contribution in [0.3, 0.4) is 0 Å². The normalized spacial score (nSPS) is 10.3. The molecule has 0 radical (unpaired) electrons. The third-order valence-corrected chi connectivity index (χ3v) is 3.88. The van der Waals surface area contributed by atoms with E-state index in [-0.39, 0.29) is 5.57 Å². The van der Waals surface area contributed by atoms with Gasteiger partial charge < -0.3 is 15.3 Å². The third-order valence-electron chi connectivity index (χ3n) is 3.88. The van der Waals surface area contributed by atoms with Gasteiger partial charge in [-0.2, -0.15) is 0 Å². The molecule has 0 heterocycles. The molecule has 0 saturated carbocycles. The summed E-state index contributed by atoms with van der Waals surface area (Å²) < 4.78 is 0. The summed E-state index contributed by atoms with van der Waals surface area (Å²) in [6.45, 7) is 17.8. The molecule has 28 heavy (non-hydrogen) atoms. The van der Waals surface area contributed by atoms with Crippen molar-refractivity contribution < 1.29 is 29.7 Å². The van der Waals surface area contributed by atoms with Gasteiger partial charge in [0.1, 0.15) is 0 Å². The van der Waals surface area contributed by atoms with Gasteiger partial charge in [0.2, 0.25) is 0 Å². The minimum Gasteiger partial charge on any atom is -0.478 e. The molecule has 0 aromatic carbocycles. The van der Waals surface area contributed by atoms with Crippen molar-refractivity contribution in [2.45, 2.75) is 79.1 Å². The van der Waals surface area contributed by atoms with Gasteiger partial charge in [-0.1, -0.05) is 72.6 Å². The number of hydrogen-bond donors (Lipinski definition) is 3. The van der Waals surface area contributed by atoms with Gasteiger partial charge >= 0.3 is 17.9 Å². The van der Waals surface area contributed by atoms with E-state index in [0.717, 1.165) is 25.7 Å². The van der Waals surface area contributed by atoms with Crippen LogP contribution in [-0.2, 0) is 14.4 Å². The molecule has 0 aliphatic heterocycles. The predicted octanol–water partition coefficient (Wildman–Crippen LogP) is 5.70. The van der Waals surface area contributed by atoms with Crippen LogP contribution in [0.5, 0.6) is 0 Å². The zero-order valence-corrected chi connectivity index (χ0v) is 17.9. The second-order valence-corrected chi connectivity index (χ2v) is 6.63. The van der Waals surface area contributed by atoms with E-state index in [1.807, 2.05) is 6.92 Å². The zero-order valence-electron chi connectivity index (χ0n) is 17.9. The SMILES string of the molecule is C=C(C)C(=O)O.C=C(CC(CC)CCCC)C(=O)O.C=C(CCCC)C(=O)O. The molecule has 0 aliphatic carbocycles. The van der Waals surface area contributed by atoms with Gasteiger partial charge in [-0.15, -0.1) is 0 Å². The van der Waals surface area contributed by atoms with E-state index in [9.17, 15) is 14.4 Å². The van der Waals surface area contributed by atoms with Crippen molar-refractivity contribution in [3.05, 3.63) is 36.5 Å². The third kappa shape index (κ3) is 21.7. The van der Waals surface area contributed by atoms with Crippen molar-refractivity contribution >= 4 is 17.9 Å². The maximum Gasteiger partial charge on any atom is 0.330 e. The Morgan fingerprint density at radius 3 is 1.50 bits per heavy atom. The predicted molar refractivity (Wildman–Crippen MR) is 113 cm³/mol. The highest BCUT2D eigenvalue weighted by Crippen LogP contribution is 2.20. The van der Waals surface area contributed by atoms with Gasteiger partial charge in [0.05, 0.1) is 0 Å². The minimum absolute atomic E-state index is 0.176. The second-order valence-electron chi connectivity index (χ2n) is 6.63. The molecular formula is C22H38O6. The molecule has 0 saturated heterocycles. The molecule has 0 rings (SSSR count). The van der Waals surface area contributed by atoms with Crippen LogP contribution in [0.2, 0.25) is 0 Å². The molecule has 0 aliphatic rings. The van der Waals surface area contributed by atoms with Crippen LogP contribution < -0.4 is 0 Å². The van der Waals surface area contributed by atoms with Crippen molar-refractivity contribution in [2.75, 3.05) is 0 Å². The summed E-state index contributed by atoms with van der Waals surface area (Å²) in [5.41, 5.74) is 0.842. The first-order chi connectivity index (χ1) is 12.9. The fourth-order valence-electron chi connectivity index (χ4n) is 1.88. The number of unbranched alkanes of at least 4 members (excludes halogenated alkanes) is 2. The zero-order chi connectivity index (χ0) is 22.7. The van der Waals surface area contributed by atoms with Crippen LogP contribution in [0.25, 0.3) is 0 Å². The maximum absolute atomic E-state index is 10.5. The van der Waals surface area contributed by atoms with Crippen LogP contribution in [0.4, 0.5) is 0 Å². The summed E-state index contributed by atoms with van der Waals surface area (Å²) in [6.07, 6.45) is 7.74. The molecule has 0 bridgehead atoms. The van der Waals surface area contributed by atoms with Crippen molar-refractivity contribution in [2.24, 2.45) is 5.92 Å². The first kappa shape index (κ1) is 30.4. The van der Waals surface area contributed by atoms with Crippen molar-refractivity contribution in [1.29, 1.82) is 0 Å². The molecule has 0 spiro atoms. The average molecular weight is 399 g/mol. The Hall–Kier alpha value is -2.37. The Bertz CT molecular complexity index is 507. The Kier molecular flexibility index (Phi) is 21.0. The molecule has 3 N–H and O–H groups in total. The van der Waals surface area contributed by atoms with Gasteiger partial charge in [-0.3, -0.25) is 0 Å². The molecule has 162 valence electrons. The van der Waals surface area contributed by atoms with Gasteiger partial charge in [0.25, 0.3) is 0 Å². The first-order valence-corrected chi connectivity index (χ1v) is 9.65. The Labute approximate surface area is 169 Å². The number of carboxylic acids is 3. The van der Waals surface area contributed by atoms with Gasteiger partial charge in [-0.05, 0) is 32.1 Å². The van der Waals surface area contributed by atoms with Crippen LogP contribution in [0.1, 0.15) is 79.1 Å². The summed E-state index contributed by atoms with van der Waals surface area (Å²) in [4.78, 5) is 30.2. The van der Waals surface area contributed by atoms with Crippen molar-refractivity contribution in [3.63, 3.8) is 0 Å². The van der Waals surface area contributed by atoms with Gasteiger partial charge in [-0.25, -0.2) is 14.4 Å². The standard InChI is InChI=1S/C11H20O2.C7H12O2.C4H6O2/c1-4-6-7-10(5-2)8-9(3)11(12)13;1-3-4-5-6(2)7(8)9;1-3(2)4(5)6/h10H,3-8H2,1-2H3,(H,12,13);2-5H2,1H3,(H,8,9);1H2,2H3,(H,5,6). The minimum atomic E-state index is -0.935. The van der Waals surface area contributed by atoms with Crippen molar-refractivity contribution in [1.82, 2.24) is 0 Å². The summed E-state index contributed by atoms with van der Waals surface area (Å²) >= 11 is 0. The Morgan fingerprint density at radius 1 is 0.786 bits per heavy atom. The molecule has 6 heteroatoms. The molecular weight excluding hydrogens is 360 g/mol. The smallest absolute Gasteiger partial charge is 0.330 e. The second kappa shape index (κ2) is 19.4. The van der Waals surface area contributed by atoms with E-state index in [0.29, 0.717) is 29.9 Å². The fourth-order valence-corrected chi connectivity index (χ4v) is 1.88. The van der Waals surface area contributed by atoms with Crippen LogP contribution in [0.15, 0.2) is 36.5 Å². The van der Waals surface area contributed by atoms with E-state index in [2.05, 4.69) is 33.6 Å². The van der Waals surface area contributed by atoms with Crippen LogP contribution >= 0.6 is 0 Å². The molecule has 1 unspecified atom stereocenters. The number of aliphatic carboxylic acids is 3. The highest BCUT2D eigenvalue weighted by Gasteiger charge is 2.11. The van der Waals surface area contributed by atoms with E-state index in [1.165, 1.54) is 19.8 Å². The lowest BCUT2D eigenvalue weighted by Gasteiger charge is -2.13. The van der Waals surface area contributed by atoms with E-state index in [1.54, 1.807) is 0 Å². The van der Waals surface area contributed by atoms with E-state index in [4.69, 9.17) is 15.3 Å². The topological polar surface area (TPSA) is 112 Å². The van der Waals surface area contributed by atoms with Gasteiger partial charge in [0.15, 0.2) is 0 Å². The van der Waals surface area contributed by atoms with Crippen LogP contribution in [-0.4, -0.2) is 33.2 Å². The monoisotopic (exact) mass is 398 g/mol. The number of hydrogen-bond acceptors (Lipinski definition) is 3. The van der Waals surface area contributed by atoms with E-state index >= 15 is 0 Å². The highest BCUT2D eigenvalue weighted by atomic mass is 16.4. The average Bonchev–Trinajstić information content (AvgIpc) is 2.63. The summed E-state index contributed by atoms with van der Waals surface area (Å²) in [5.74, 6) is -2.16. The summed E-state index contributed by atoms with van der Waals surface area (Å²) in [6, 6.07) is 0. The molecule has 0 aromatic heterocycles. The fraction of sp³-hybridized carbons (Fsp3) is 0.591. The molecule has 1 atom stereocenters. The largest absolute Gasteiger partial charge is 0.478 e. The lowest BCUT2D eigenvalue weighted by Crippen LogP contribution is -2.06. The van der Waals surface area contributed by atoms with Gasteiger partial charge in [0, 0.05) is 16.7 Å². The first-order valence-electron chi connectivity index (χ1n) is 9.65. The van der Waals surface area contributed by atoms with Crippen molar-refractivity contribution in [3.8, 4) is 0 Å². The summed E-state index contributed by atoms with van der Waals surface area (Å²) in [5, 5.41) is 24.9. The highest BCUT2D eigenvalue weighted by molar-refractivity contribution is 5.86. The Morgan fingerprint density at radius 2 is 1.21 bits per heavy atom. The molecule has 0 fully saturated rings. The molecule has 0 aromatic rings.